The van der Waals surface area contributed by atoms with E-state index in [1.54, 1.807) is 0 Å². The zero-order valence-electron chi connectivity index (χ0n) is 11.0. The molecule has 0 saturated carbocycles. The molecule has 1 heterocycles. The quantitative estimate of drug-likeness (QED) is 0.588. The zero-order valence-corrected chi connectivity index (χ0v) is 12.7. The number of thiophene rings is 1. The summed E-state index contributed by atoms with van der Waals surface area (Å²) in [7, 11) is -1.35. The molecule has 20 heavy (non-hydrogen) atoms. The van der Waals surface area contributed by atoms with Gasteiger partial charge in [0.2, 0.25) is 10.0 Å². The van der Waals surface area contributed by atoms with Gasteiger partial charge in [0.1, 0.15) is 9.77 Å². The maximum Gasteiger partial charge on any atom is 0.349 e. The topological polar surface area (TPSA) is 98.8 Å². The first-order valence-electron chi connectivity index (χ1n) is 5.64. The molecule has 9 heteroatoms. The van der Waals surface area contributed by atoms with Crippen LogP contribution in [0, 0.1) is 0 Å². The van der Waals surface area contributed by atoms with Crippen LogP contribution in [0.2, 0.25) is 0 Å². The van der Waals surface area contributed by atoms with Gasteiger partial charge in [-0.3, -0.25) is 4.79 Å². The molecule has 1 rings (SSSR count). The van der Waals surface area contributed by atoms with Crippen LogP contribution in [0.1, 0.15) is 22.5 Å². The van der Waals surface area contributed by atoms with E-state index in [0.717, 1.165) is 11.3 Å². The average Bonchev–Trinajstić information content (AvgIpc) is 2.92. The van der Waals surface area contributed by atoms with Gasteiger partial charge in [0.25, 0.3) is 0 Å². The van der Waals surface area contributed by atoms with Gasteiger partial charge >= 0.3 is 11.9 Å². The van der Waals surface area contributed by atoms with Crippen molar-refractivity contribution in [3.8, 4) is 0 Å². The Morgan fingerprint density at radius 3 is 2.60 bits per heavy atom. The molecule has 0 unspecified atom stereocenters. The molecule has 0 aliphatic rings. The van der Waals surface area contributed by atoms with Crippen LogP contribution in [0.3, 0.4) is 0 Å². The van der Waals surface area contributed by atoms with Gasteiger partial charge in [-0.25, -0.2) is 17.9 Å². The summed E-state index contributed by atoms with van der Waals surface area (Å²) in [6.45, 7) is 0.0773. The van der Waals surface area contributed by atoms with E-state index < -0.39 is 22.0 Å². The number of sulfonamides is 1. The molecule has 0 bridgehead atoms. The second-order valence-electron chi connectivity index (χ2n) is 3.68. The minimum absolute atomic E-state index is 0.0213. The molecule has 0 aliphatic carbocycles. The van der Waals surface area contributed by atoms with Crippen LogP contribution in [-0.2, 0) is 24.3 Å². The number of esters is 2. The summed E-state index contributed by atoms with van der Waals surface area (Å²) < 4.78 is 35.3. The number of carbonyl (C=O) groups excluding carboxylic acids is 2. The molecule has 0 aliphatic heterocycles. The van der Waals surface area contributed by atoms with Crippen molar-refractivity contribution in [3.63, 3.8) is 0 Å². The molecule has 1 aromatic rings. The molecule has 1 aromatic heterocycles. The number of nitrogens with one attached hydrogen (secondary N) is 1. The predicted octanol–water partition coefficient (Wildman–Crippen LogP) is 0.766. The first-order chi connectivity index (χ1) is 9.42. The number of ether oxygens (including phenoxy) is 2. The number of rotatable bonds is 7. The van der Waals surface area contributed by atoms with E-state index in [-0.39, 0.29) is 22.7 Å². The molecule has 0 spiro atoms. The minimum Gasteiger partial charge on any atom is -0.469 e. The maximum absolute atomic E-state index is 12.0. The fourth-order valence-corrected chi connectivity index (χ4v) is 3.78. The molecule has 0 amide bonds. The van der Waals surface area contributed by atoms with E-state index in [0.29, 0.717) is 6.42 Å². The van der Waals surface area contributed by atoms with Crippen molar-refractivity contribution in [2.75, 3.05) is 20.8 Å². The van der Waals surface area contributed by atoms with Crippen LogP contribution in [0.25, 0.3) is 0 Å². The summed E-state index contributed by atoms with van der Waals surface area (Å²) >= 11 is 0.989. The molecule has 1 N–H and O–H groups in total. The average molecular weight is 321 g/mol. The summed E-state index contributed by atoms with van der Waals surface area (Å²) in [4.78, 5) is 22.2. The van der Waals surface area contributed by atoms with Gasteiger partial charge in [-0.05, 0) is 17.9 Å². The third kappa shape index (κ3) is 4.29. The van der Waals surface area contributed by atoms with Gasteiger partial charge in [0.15, 0.2) is 0 Å². The van der Waals surface area contributed by atoms with Crippen LogP contribution >= 0.6 is 11.3 Å². The Balaban J connectivity index is 2.68. The van der Waals surface area contributed by atoms with E-state index in [2.05, 4.69) is 14.2 Å². The first kappa shape index (κ1) is 16.6. The van der Waals surface area contributed by atoms with Crippen molar-refractivity contribution in [2.24, 2.45) is 0 Å². The first-order valence-corrected chi connectivity index (χ1v) is 8.01. The highest BCUT2D eigenvalue weighted by molar-refractivity contribution is 7.89. The molecule has 7 nitrogen and oxygen atoms in total. The smallest absolute Gasteiger partial charge is 0.349 e. The molecule has 0 atom stereocenters. The van der Waals surface area contributed by atoms with Crippen LogP contribution in [-0.4, -0.2) is 41.1 Å². The number of carbonyl (C=O) groups is 2. The summed E-state index contributed by atoms with van der Waals surface area (Å²) in [5, 5.41) is 1.50. The Labute approximate surface area is 120 Å². The van der Waals surface area contributed by atoms with Crippen molar-refractivity contribution in [2.45, 2.75) is 17.7 Å². The van der Waals surface area contributed by atoms with E-state index >= 15 is 0 Å². The summed E-state index contributed by atoms with van der Waals surface area (Å²) in [6.07, 6.45) is 0.427. The molecule has 0 aromatic carbocycles. The molecule has 0 fully saturated rings. The lowest BCUT2D eigenvalue weighted by Gasteiger charge is -2.06. The highest BCUT2D eigenvalue weighted by atomic mass is 32.2. The van der Waals surface area contributed by atoms with E-state index in [4.69, 9.17) is 0 Å². The minimum atomic E-state index is -3.80. The third-order valence-electron chi connectivity index (χ3n) is 2.37. The van der Waals surface area contributed by atoms with Crippen LogP contribution in [0.5, 0.6) is 0 Å². The lowest BCUT2D eigenvalue weighted by Crippen LogP contribution is -2.26. The number of hydrogen-bond acceptors (Lipinski definition) is 7. The van der Waals surface area contributed by atoms with Crippen molar-refractivity contribution in [1.82, 2.24) is 4.72 Å². The fraction of sp³-hybridized carbons (Fsp3) is 0.455. The molecule has 112 valence electrons. The summed E-state index contributed by atoms with van der Waals surface area (Å²) in [6, 6.07) is 1.33. The highest BCUT2D eigenvalue weighted by Gasteiger charge is 2.24. The molecular weight excluding hydrogens is 306 g/mol. The van der Waals surface area contributed by atoms with E-state index in [1.807, 2.05) is 0 Å². The highest BCUT2D eigenvalue weighted by Crippen LogP contribution is 2.22. The Kier molecular flexibility index (Phi) is 6.11. The largest absolute Gasteiger partial charge is 0.469 e. The molecular formula is C11H15NO6S2. The number of methoxy groups -OCH3 is 2. The predicted molar refractivity (Wildman–Crippen MR) is 72.1 cm³/mol. The van der Waals surface area contributed by atoms with Crippen molar-refractivity contribution in [3.05, 3.63) is 16.3 Å². The second-order valence-corrected chi connectivity index (χ2v) is 6.33. The van der Waals surface area contributed by atoms with Gasteiger partial charge in [-0.15, -0.1) is 11.3 Å². The van der Waals surface area contributed by atoms with Gasteiger partial charge < -0.3 is 9.47 Å². The normalized spacial score (nSPS) is 11.1. The van der Waals surface area contributed by atoms with Gasteiger partial charge in [-0.1, -0.05) is 0 Å². The van der Waals surface area contributed by atoms with Crippen molar-refractivity contribution in [1.29, 1.82) is 0 Å². The van der Waals surface area contributed by atoms with Crippen LogP contribution in [0.4, 0.5) is 0 Å². The van der Waals surface area contributed by atoms with E-state index in [1.165, 1.54) is 25.7 Å². The van der Waals surface area contributed by atoms with Gasteiger partial charge in [0, 0.05) is 13.0 Å². The van der Waals surface area contributed by atoms with E-state index in [9.17, 15) is 18.0 Å². The van der Waals surface area contributed by atoms with Gasteiger partial charge in [0.05, 0.1) is 14.2 Å². The zero-order chi connectivity index (χ0) is 15.2. The fourth-order valence-electron chi connectivity index (χ4n) is 1.37. The standard InChI is InChI=1S/C11H15NO6S2/c1-17-9(13)4-3-6-12-20(15,16)8-5-7-19-10(8)11(14)18-2/h5,7,12H,3-4,6H2,1-2H3. The SMILES string of the molecule is COC(=O)CCCNS(=O)(=O)c1ccsc1C(=O)OC. The summed E-state index contributed by atoms with van der Waals surface area (Å²) in [5.74, 6) is -1.11. The Morgan fingerprint density at radius 1 is 1.30 bits per heavy atom. The Bertz CT molecular complexity index is 577. The second kappa shape index (κ2) is 7.36. The lowest BCUT2D eigenvalue weighted by atomic mass is 10.3. The monoisotopic (exact) mass is 321 g/mol. The molecule has 0 radical (unpaired) electrons. The Morgan fingerprint density at radius 2 is 2.00 bits per heavy atom. The van der Waals surface area contributed by atoms with Crippen molar-refractivity contribution < 1.29 is 27.5 Å². The van der Waals surface area contributed by atoms with Crippen LogP contribution < -0.4 is 4.72 Å². The molecule has 0 saturated heterocycles. The number of hydrogen-bond donors (Lipinski definition) is 1. The maximum atomic E-state index is 12.0. The van der Waals surface area contributed by atoms with Gasteiger partial charge in [-0.2, -0.15) is 0 Å². The Hall–Kier alpha value is -1.45. The van der Waals surface area contributed by atoms with Crippen molar-refractivity contribution >= 4 is 33.3 Å². The summed E-state index contributed by atoms with van der Waals surface area (Å²) in [5.41, 5.74) is 0. The third-order valence-corrected chi connectivity index (χ3v) is 4.89. The van der Waals surface area contributed by atoms with Crippen LogP contribution in [0.15, 0.2) is 16.3 Å². The lowest BCUT2D eigenvalue weighted by molar-refractivity contribution is -0.140.